The van der Waals surface area contributed by atoms with Crippen molar-refractivity contribution in [2.75, 3.05) is 37.7 Å². The van der Waals surface area contributed by atoms with Gasteiger partial charge >= 0.3 is 0 Å². The highest BCUT2D eigenvalue weighted by Gasteiger charge is 2.35. The van der Waals surface area contributed by atoms with Gasteiger partial charge in [-0.3, -0.25) is 9.88 Å². The second kappa shape index (κ2) is 6.06. The van der Waals surface area contributed by atoms with Gasteiger partial charge in [-0.25, -0.2) is 4.39 Å². The molecule has 0 radical (unpaired) electrons. The van der Waals surface area contributed by atoms with E-state index in [4.69, 9.17) is 4.74 Å². The van der Waals surface area contributed by atoms with Gasteiger partial charge in [-0.05, 0) is 12.5 Å². The minimum absolute atomic E-state index is 0.234. The Kier molecular flexibility index (Phi) is 4.17. The first-order valence-electron chi connectivity index (χ1n) is 7.47. The Labute approximate surface area is 119 Å². The van der Waals surface area contributed by atoms with Gasteiger partial charge in [0.15, 0.2) is 5.82 Å². The van der Waals surface area contributed by atoms with Crippen molar-refractivity contribution in [3.63, 3.8) is 0 Å². The van der Waals surface area contributed by atoms with E-state index in [9.17, 15) is 4.39 Å². The number of aromatic nitrogens is 1. The Morgan fingerprint density at radius 1 is 1.40 bits per heavy atom. The zero-order valence-electron chi connectivity index (χ0n) is 12.0. The molecule has 0 unspecified atom stereocenters. The lowest BCUT2D eigenvalue weighted by Crippen LogP contribution is -2.62. The quantitative estimate of drug-likeness (QED) is 0.845. The Morgan fingerprint density at radius 3 is 3.10 bits per heavy atom. The van der Waals surface area contributed by atoms with Crippen LogP contribution in [0.25, 0.3) is 0 Å². The summed E-state index contributed by atoms with van der Waals surface area (Å²) in [4.78, 5) is 8.50. The van der Waals surface area contributed by atoms with Crippen molar-refractivity contribution in [1.82, 2.24) is 9.88 Å². The van der Waals surface area contributed by atoms with E-state index in [1.807, 2.05) is 0 Å². The molecular weight excluding hydrogens is 257 g/mol. The van der Waals surface area contributed by atoms with Crippen LogP contribution in [0.15, 0.2) is 18.5 Å². The van der Waals surface area contributed by atoms with Gasteiger partial charge in [0.05, 0.1) is 31.1 Å². The van der Waals surface area contributed by atoms with Gasteiger partial charge < -0.3 is 9.64 Å². The molecule has 0 bridgehead atoms. The summed E-state index contributed by atoms with van der Waals surface area (Å²) in [6.07, 6.45) is 5.31. The summed E-state index contributed by atoms with van der Waals surface area (Å²) in [5.74, 6) is -0.234. The van der Waals surface area contributed by atoms with Crippen LogP contribution in [0.3, 0.4) is 0 Å². The van der Waals surface area contributed by atoms with Gasteiger partial charge in [0, 0.05) is 31.9 Å². The van der Waals surface area contributed by atoms with E-state index in [0.717, 1.165) is 32.8 Å². The number of hydrogen-bond acceptors (Lipinski definition) is 4. The van der Waals surface area contributed by atoms with Crippen LogP contribution in [-0.2, 0) is 4.74 Å². The highest BCUT2D eigenvalue weighted by molar-refractivity contribution is 5.47. The van der Waals surface area contributed by atoms with Gasteiger partial charge in [-0.1, -0.05) is 13.3 Å². The van der Waals surface area contributed by atoms with Crippen LogP contribution in [0.4, 0.5) is 10.1 Å². The molecule has 2 saturated heterocycles. The average Bonchev–Trinajstić information content (AvgIpc) is 2.48. The number of morpholine rings is 1. The van der Waals surface area contributed by atoms with E-state index < -0.39 is 0 Å². The lowest BCUT2D eigenvalue weighted by molar-refractivity contribution is -0.0558. The second-order valence-electron chi connectivity index (χ2n) is 5.64. The molecule has 3 heterocycles. The summed E-state index contributed by atoms with van der Waals surface area (Å²) >= 11 is 0. The van der Waals surface area contributed by atoms with Crippen LogP contribution in [0, 0.1) is 5.82 Å². The molecule has 20 heavy (non-hydrogen) atoms. The molecule has 0 aliphatic carbocycles. The zero-order valence-corrected chi connectivity index (χ0v) is 12.0. The Hall–Kier alpha value is -1.20. The summed E-state index contributed by atoms with van der Waals surface area (Å²) < 4.78 is 19.6. The molecule has 0 N–H and O–H groups in total. The largest absolute Gasteiger partial charge is 0.378 e. The molecule has 3 rings (SSSR count). The Morgan fingerprint density at radius 2 is 2.30 bits per heavy atom. The van der Waals surface area contributed by atoms with Crippen LogP contribution in [-0.4, -0.2) is 54.8 Å². The van der Waals surface area contributed by atoms with E-state index >= 15 is 0 Å². The van der Waals surface area contributed by atoms with Gasteiger partial charge in [-0.2, -0.15) is 0 Å². The van der Waals surface area contributed by atoms with E-state index in [2.05, 4.69) is 21.7 Å². The monoisotopic (exact) mass is 279 g/mol. The first kappa shape index (κ1) is 13.8. The number of pyridine rings is 1. The summed E-state index contributed by atoms with van der Waals surface area (Å²) in [5, 5.41) is 0. The summed E-state index contributed by atoms with van der Waals surface area (Å²) in [6.45, 7) is 6.50. The smallest absolute Gasteiger partial charge is 0.164 e. The number of fused-ring (bicyclic) bond motifs is 1. The molecule has 0 spiro atoms. The number of hydrogen-bond donors (Lipinski definition) is 0. The van der Waals surface area contributed by atoms with Crippen molar-refractivity contribution >= 4 is 5.69 Å². The highest BCUT2D eigenvalue weighted by Crippen LogP contribution is 2.26. The highest BCUT2D eigenvalue weighted by atomic mass is 19.1. The molecule has 1 aromatic heterocycles. The maximum Gasteiger partial charge on any atom is 0.164 e. The molecule has 2 atom stereocenters. The molecule has 1 aromatic rings. The molecule has 0 aromatic carbocycles. The normalized spacial score (nSPS) is 27.4. The summed E-state index contributed by atoms with van der Waals surface area (Å²) in [7, 11) is 0. The van der Waals surface area contributed by atoms with Crippen LogP contribution in [0.1, 0.15) is 19.8 Å². The number of halogens is 1. The number of rotatable bonds is 3. The van der Waals surface area contributed by atoms with Crippen LogP contribution < -0.4 is 4.90 Å². The van der Waals surface area contributed by atoms with E-state index in [1.54, 1.807) is 12.3 Å². The summed E-state index contributed by atoms with van der Waals surface area (Å²) in [6, 6.07) is 2.67. The predicted octanol–water partition coefficient (Wildman–Crippen LogP) is 1.91. The molecule has 5 heteroatoms. The fraction of sp³-hybridized carbons (Fsp3) is 0.667. The topological polar surface area (TPSA) is 28.6 Å². The molecule has 2 aliphatic rings. The standard InChI is InChI=1S/C15H22FN3O/c1-2-3-12-10-20-11-13-9-18(6-7-19(12)13)15-4-5-17-8-14(15)16/h4-5,8,12-13H,2-3,6-7,9-11H2,1H3/t12-,13+/m0/s1. The number of ether oxygens (including phenoxy) is 1. The molecular formula is C15H22FN3O. The molecule has 0 amide bonds. The fourth-order valence-electron chi connectivity index (χ4n) is 3.36. The first-order chi connectivity index (χ1) is 9.79. The minimum Gasteiger partial charge on any atom is -0.378 e. The maximum absolute atomic E-state index is 13.8. The van der Waals surface area contributed by atoms with Crippen molar-refractivity contribution in [1.29, 1.82) is 0 Å². The number of nitrogens with zero attached hydrogens (tertiary/aromatic N) is 3. The summed E-state index contributed by atoms with van der Waals surface area (Å²) in [5.41, 5.74) is 0.664. The van der Waals surface area contributed by atoms with Gasteiger partial charge in [0.2, 0.25) is 0 Å². The van der Waals surface area contributed by atoms with Crippen LogP contribution >= 0.6 is 0 Å². The Balaban J connectivity index is 1.71. The van der Waals surface area contributed by atoms with Crippen molar-refractivity contribution in [3.8, 4) is 0 Å². The SMILES string of the molecule is CCC[C@H]1COC[C@H]2CN(c3ccncc3F)CCN12. The lowest BCUT2D eigenvalue weighted by atomic mass is 10.0. The molecule has 0 saturated carbocycles. The lowest BCUT2D eigenvalue weighted by Gasteiger charge is -2.48. The average molecular weight is 279 g/mol. The van der Waals surface area contributed by atoms with E-state index in [1.165, 1.54) is 19.0 Å². The minimum atomic E-state index is -0.234. The van der Waals surface area contributed by atoms with E-state index in [-0.39, 0.29) is 5.82 Å². The molecule has 2 aliphatic heterocycles. The third kappa shape index (κ3) is 2.65. The van der Waals surface area contributed by atoms with Gasteiger partial charge in [-0.15, -0.1) is 0 Å². The third-order valence-corrected chi connectivity index (χ3v) is 4.33. The molecule has 110 valence electrons. The van der Waals surface area contributed by atoms with Crippen LogP contribution in [0.2, 0.25) is 0 Å². The predicted molar refractivity (Wildman–Crippen MR) is 76.4 cm³/mol. The van der Waals surface area contributed by atoms with Crippen LogP contribution in [0.5, 0.6) is 0 Å². The van der Waals surface area contributed by atoms with Gasteiger partial charge in [0.25, 0.3) is 0 Å². The molecule has 2 fully saturated rings. The van der Waals surface area contributed by atoms with E-state index in [0.29, 0.717) is 17.8 Å². The first-order valence-corrected chi connectivity index (χ1v) is 7.47. The van der Waals surface area contributed by atoms with Crippen molar-refractivity contribution in [3.05, 3.63) is 24.3 Å². The Bertz CT molecular complexity index is 454. The number of anilines is 1. The fourth-order valence-corrected chi connectivity index (χ4v) is 3.36. The van der Waals surface area contributed by atoms with Crippen molar-refractivity contribution in [2.24, 2.45) is 0 Å². The zero-order chi connectivity index (χ0) is 13.9. The third-order valence-electron chi connectivity index (χ3n) is 4.33. The van der Waals surface area contributed by atoms with Crippen molar-refractivity contribution < 1.29 is 9.13 Å². The second-order valence-corrected chi connectivity index (χ2v) is 5.64. The van der Waals surface area contributed by atoms with Crippen molar-refractivity contribution in [2.45, 2.75) is 31.8 Å². The van der Waals surface area contributed by atoms with Gasteiger partial charge in [0.1, 0.15) is 0 Å². The molecule has 4 nitrogen and oxygen atoms in total. The maximum atomic E-state index is 13.8. The number of piperazine rings is 1.